The average Bonchev–Trinajstić information content (AvgIpc) is 1.35. The zero-order valence-corrected chi connectivity index (χ0v) is 6.49. The minimum absolute atomic E-state index is 0. The minimum Gasteiger partial charge on any atom is -0.466 e. The Morgan fingerprint density at radius 1 is 1.71 bits per heavy atom. The third-order valence-corrected chi connectivity index (χ3v) is 0.348. The van der Waals surface area contributed by atoms with Gasteiger partial charge >= 0.3 is 5.97 Å². The van der Waals surface area contributed by atoms with Gasteiger partial charge in [0, 0.05) is 29.3 Å². The molecule has 0 aliphatic carbocycles. The molecular formula is C4H8AuO2. The molecule has 7 heavy (non-hydrogen) atoms. The van der Waals surface area contributed by atoms with E-state index in [-0.39, 0.29) is 28.3 Å². The van der Waals surface area contributed by atoms with Crippen molar-refractivity contribution in [3.8, 4) is 0 Å². The van der Waals surface area contributed by atoms with E-state index < -0.39 is 0 Å². The molecule has 0 bridgehead atoms. The molecule has 0 aromatic heterocycles. The number of carbonyl (C=O) groups excluding carboxylic acids is 1. The SMILES string of the molecule is CCOC(C)=O.[Au]. The van der Waals surface area contributed by atoms with Gasteiger partial charge in [0.1, 0.15) is 0 Å². The molecule has 0 aliphatic rings. The molecular weight excluding hydrogens is 277 g/mol. The van der Waals surface area contributed by atoms with Crippen molar-refractivity contribution in [1.82, 2.24) is 0 Å². The molecule has 3 heteroatoms. The Kier molecular flexibility index (Phi) is 9.09. The molecule has 0 N–H and O–H groups in total. The summed E-state index contributed by atoms with van der Waals surface area (Å²) in [5.41, 5.74) is 0. The third kappa shape index (κ3) is 10.7. The van der Waals surface area contributed by atoms with E-state index in [2.05, 4.69) is 4.74 Å². The molecule has 2 nitrogen and oxygen atoms in total. The van der Waals surface area contributed by atoms with Gasteiger partial charge in [-0.05, 0) is 6.92 Å². The second kappa shape index (κ2) is 6.21. The molecule has 47 valence electrons. The maximum atomic E-state index is 9.82. The fourth-order valence-electron chi connectivity index (χ4n) is 0.203. The summed E-state index contributed by atoms with van der Waals surface area (Å²) in [4.78, 5) is 9.82. The first-order valence-electron chi connectivity index (χ1n) is 1.90. The van der Waals surface area contributed by atoms with Crippen molar-refractivity contribution in [2.45, 2.75) is 13.8 Å². The first-order valence-corrected chi connectivity index (χ1v) is 1.90. The van der Waals surface area contributed by atoms with Crippen LogP contribution in [-0.4, -0.2) is 12.6 Å². The molecule has 0 atom stereocenters. The number of hydrogen-bond donors (Lipinski definition) is 0. The van der Waals surface area contributed by atoms with Crippen LogP contribution in [0.25, 0.3) is 0 Å². The van der Waals surface area contributed by atoms with Gasteiger partial charge in [-0.15, -0.1) is 0 Å². The Balaban J connectivity index is 0. The first kappa shape index (κ1) is 10.2. The monoisotopic (exact) mass is 285 g/mol. The van der Waals surface area contributed by atoms with Crippen molar-refractivity contribution < 1.29 is 31.9 Å². The van der Waals surface area contributed by atoms with E-state index in [1.807, 2.05) is 0 Å². The second-order valence-electron chi connectivity index (χ2n) is 0.925. The van der Waals surface area contributed by atoms with E-state index in [9.17, 15) is 4.79 Å². The van der Waals surface area contributed by atoms with E-state index in [0.29, 0.717) is 6.61 Å². The summed E-state index contributed by atoms with van der Waals surface area (Å²) in [6, 6.07) is 0. The van der Waals surface area contributed by atoms with Crippen molar-refractivity contribution in [2.24, 2.45) is 0 Å². The van der Waals surface area contributed by atoms with Gasteiger partial charge in [-0.2, -0.15) is 0 Å². The van der Waals surface area contributed by atoms with Crippen LogP contribution in [0.1, 0.15) is 13.8 Å². The van der Waals surface area contributed by atoms with Crippen molar-refractivity contribution in [3.05, 3.63) is 0 Å². The van der Waals surface area contributed by atoms with Crippen LogP contribution in [0, 0.1) is 0 Å². The van der Waals surface area contributed by atoms with Crippen LogP contribution in [0.5, 0.6) is 0 Å². The molecule has 0 fully saturated rings. The van der Waals surface area contributed by atoms with Gasteiger partial charge in [0.25, 0.3) is 0 Å². The number of hydrogen-bond acceptors (Lipinski definition) is 2. The van der Waals surface area contributed by atoms with Crippen molar-refractivity contribution >= 4 is 5.97 Å². The van der Waals surface area contributed by atoms with E-state index in [1.165, 1.54) is 6.92 Å². The van der Waals surface area contributed by atoms with Gasteiger partial charge in [-0.3, -0.25) is 4.79 Å². The van der Waals surface area contributed by atoms with Crippen LogP contribution in [-0.2, 0) is 31.9 Å². The molecule has 0 heterocycles. The van der Waals surface area contributed by atoms with Crippen LogP contribution in [0.2, 0.25) is 0 Å². The van der Waals surface area contributed by atoms with E-state index in [0.717, 1.165) is 0 Å². The maximum absolute atomic E-state index is 9.82. The zero-order chi connectivity index (χ0) is 4.99. The molecule has 0 aromatic carbocycles. The molecule has 0 aromatic rings. The van der Waals surface area contributed by atoms with E-state index in [4.69, 9.17) is 0 Å². The molecule has 1 radical (unpaired) electrons. The van der Waals surface area contributed by atoms with Gasteiger partial charge in [-0.1, -0.05) is 0 Å². The van der Waals surface area contributed by atoms with E-state index in [1.54, 1.807) is 6.92 Å². The number of esters is 1. The van der Waals surface area contributed by atoms with Crippen molar-refractivity contribution in [1.29, 1.82) is 0 Å². The Bertz CT molecular complexity index is 53.7. The Labute approximate surface area is 58.7 Å². The summed E-state index contributed by atoms with van der Waals surface area (Å²) in [5, 5.41) is 0. The van der Waals surface area contributed by atoms with Crippen LogP contribution in [0.4, 0.5) is 0 Å². The molecule has 0 saturated carbocycles. The second-order valence-corrected chi connectivity index (χ2v) is 0.925. The number of ether oxygens (including phenoxy) is 1. The normalized spacial score (nSPS) is 6.57. The van der Waals surface area contributed by atoms with Gasteiger partial charge in [0.05, 0.1) is 6.61 Å². The summed E-state index contributed by atoms with van der Waals surface area (Å²) in [6.45, 7) is 3.65. The Morgan fingerprint density at radius 2 is 2.14 bits per heavy atom. The van der Waals surface area contributed by atoms with Crippen LogP contribution in [0.15, 0.2) is 0 Å². The number of carbonyl (C=O) groups is 1. The fraction of sp³-hybridized carbons (Fsp3) is 0.750. The predicted octanol–water partition coefficient (Wildman–Crippen LogP) is 0.567. The van der Waals surface area contributed by atoms with Crippen LogP contribution < -0.4 is 0 Å². The topological polar surface area (TPSA) is 26.3 Å². The number of rotatable bonds is 1. The molecule has 0 unspecified atom stereocenters. The Morgan fingerprint density at radius 3 is 2.14 bits per heavy atom. The van der Waals surface area contributed by atoms with Crippen molar-refractivity contribution in [2.75, 3.05) is 6.61 Å². The summed E-state index contributed by atoms with van der Waals surface area (Å²) in [7, 11) is 0. The quantitative estimate of drug-likeness (QED) is 0.520. The minimum atomic E-state index is -0.211. The van der Waals surface area contributed by atoms with Gasteiger partial charge in [0.15, 0.2) is 0 Å². The zero-order valence-electron chi connectivity index (χ0n) is 4.33. The predicted molar refractivity (Wildman–Crippen MR) is 22.3 cm³/mol. The largest absolute Gasteiger partial charge is 0.466 e. The first-order chi connectivity index (χ1) is 2.77. The molecule has 0 saturated heterocycles. The van der Waals surface area contributed by atoms with Crippen LogP contribution in [0.3, 0.4) is 0 Å². The summed E-state index contributed by atoms with van der Waals surface area (Å²) in [5.74, 6) is -0.211. The molecule has 0 spiro atoms. The molecule has 0 aliphatic heterocycles. The summed E-state index contributed by atoms with van der Waals surface area (Å²) < 4.78 is 4.40. The fourth-order valence-corrected chi connectivity index (χ4v) is 0.203. The van der Waals surface area contributed by atoms with Crippen LogP contribution >= 0.6 is 0 Å². The summed E-state index contributed by atoms with van der Waals surface area (Å²) in [6.07, 6.45) is 0. The van der Waals surface area contributed by atoms with Gasteiger partial charge < -0.3 is 4.74 Å². The molecule has 0 amide bonds. The average molecular weight is 285 g/mol. The Hall–Kier alpha value is 0.210. The third-order valence-electron chi connectivity index (χ3n) is 0.348. The standard InChI is InChI=1S/C4H8O2.Au/c1-3-6-4(2)5;/h3H2,1-2H3;. The van der Waals surface area contributed by atoms with Crippen molar-refractivity contribution in [3.63, 3.8) is 0 Å². The molecule has 0 rings (SSSR count). The smallest absolute Gasteiger partial charge is 0.302 e. The van der Waals surface area contributed by atoms with Gasteiger partial charge in [-0.25, -0.2) is 0 Å². The maximum Gasteiger partial charge on any atom is 0.302 e. The van der Waals surface area contributed by atoms with Gasteiger partial charge in [0.2, 0.25) is 0 Å². The summed E-state index contributed by atoms with van der Waals surface area (Å²) >= 11 is 0. The van der Waals surface area contributed by atoms with E-state index >= 15 is 0 Å².